The zero-order valence-corrected chi connectivity index (χ0v) is 12.6. The Bertz CT molecular complexity index is 402. The Kier molecular flexibility index (Phi) is 5.00. The summed E-state index contributed by atoms with van der Waals surface area (Å²) in [5, 5.41) is 0. The van der Waals surface area contributed by atoms with E-state index in [9.17, 15) is 4.79 Å². The first-order valence-corrected chi connectivity index (χ1v) is 7.30. The molecule has 0 amide bonds. The number of hydrogen-bond donors (Lipinski definition) is 0. The summed E-state index contributed by atoms with van der Waals surface area (Å²) in [5.41, 5.74) is 1.16. The minimum absolute atomic E-state index is 0.0706. The van der Waals surface area contributed by atoms with Gasteiger partial charge in [0.2, 0.25) is 0 Å². The number of ether oxygens (including phenoxy) is 2. The van der Waals surface area contributed by atoms with Crippen molar-refractivity contribution in [3.63, 3.8) is 0 Å². The van der Waals surface area contributed by atoms with Crippen LogP contribution in [0.5, 0.6) is 0 Å². The molecule has 1 heterocycles. The van der Waals surface area contributed by atoms with Crippen molar-refractivity contribution in [2.24, 2.45) is 5.92 Å². The van der Waals surface area contributed by atoms with Gasteiger partial charge in [-0.3, -0.25) is 4.79 Å². The average Bonchev–Trinajstić information content (AvgIpc) is 2.40. The van der Waals surface area contributed by atoms with E-state index in [2.05, 4.69) is 46.9 Å². The Morgan fingerprint density at radius 1 is 1.44 bits per heavy atom. The molecule has 2 rings (SSSR count). The molecule has 0 N–H and O–H groups in total. The lowest BCUT2D eigenvalue weighted by Crippen LogP contribution is -2.32. The molecule has 0 aromatic heterocycles. The second kappa shape index (κ2) is 6.52. The van der Waals surface area contributed by atoms with Gasteiger partial charge in [-0.2, -0.15) is 0 Å². The van der Waals surface area contributed by atoms with E-state index in [0.29, 0.717) is 19.8 Å². The highest BCUT2D eigenvalue weighted by molar-refractivity contribution is 14.1. The van der Waals surface area contributed by atoms with Gasteiger partial charge in [0.1, 0.15) is 0 Å². The molecule has 1 aliphatic rings. The van der Waals surface area contributed by atoms with Crippen molar-refractivity contribution in [1.82, 2.24) is 0 Å². The van der Waals surface area contributed by atoms with E-state index in [4.69, 9.17) is 9.47 Å². The molecule has 1 aliphatic heterocycles. The normalized spacial score (nSPS) is 23.7. The third-order valence-electron chi connectivity index (χ3n) is 3.24. The maximum Gasteiger partial charge on any atom is 0.309 e. The van der Waals surface area contributed by atoms with Crippen molar-refractivity contribution in [2.45, 2.75) is 19.3 Å². The summed E-state index contributed by atoms with van der Waals surface area (Å²) in [4.78, 5) is 12.0. The first-order chi connectivity index (χ1) is 8.72. The second-order valence-electron chi connectivity index (χ2n) is 4.38. The van der Waals surface area contributed by atoms with E-state index in [0.717, 1.165) is 12.0 Å². The molecule has 0 radical (unpaired) electrons. The van der Waals surface area contributed by atoms with Crippen LogP contribution < -0.4 is 0 Å². The molecule has 0 spiro atoms. The summed E-state index contributed by atoms with van der Waals surface area (Å²) < 4.78 is 11.9. The molecular weight excluding hydrogens is 343 g/mol. The minimum Gasteiger partial charge on any atom is -0.466 e. The molecule has 0 aliphatic carbocycles. The van der Waals surface area contributed by atoms with Gasteiger partial charge in [0.15, 0.2) is 0 Å². The lowest BCUT2D eigenvalue weighted by atomic mass is 9.83. The molecule has 1 fully saturated rings. The van der Waals surface area contributed by atoms with Crippen LogP contribution in [-0.4, -0.2) is 25.8 Å². The van der Waals surface area contributed by atoms with Gasteiger partial charge in [0, 0.05) is 16.1 Å². The molecule has 2 unspecified atom stereocenters. The van der Waals surface area contributed by atoms with Crippen molar-refractivity contribution >= 4 is 28.6 Å². The van der Waals surface area contributed by atoms with Crippen molar-refractivity contribution in [2.75, 3.05) is 19.8 Å². The van der Waals surface area contributed by atoms with Crippen LogP contribution in [-0.2, 0) is 14.3 Å². The quantitative estimate of drug-likeness (QED) is 0.614. The highest BCUT2D eigenvalue weighted by Gasteiger charge is 2.33. The van der Waals surface area contributed by atoms with Gasteiger partial charge in [0.05, 0.1) is 19.1 Å². The summed E-state index contributed by atoms with van der Waals surface area (Å²) in [6, 6.07) is 8.28. The molecule has 1 saturated heterocycles. The molecule has 4 heteroatoms. The number of halogens is 1. The van der Waals surface area contributed by atoms with E-state index in [1.54, 1.807) is 0 Å². The average molecular weight is 360 g/mol. The number of rotatable bonds is 3. The fourth-order valence-corrected chi connectivity index (χ4v) is 2.67. The summed E-state index contributed by atoms with van der Waals surface area (Å²) in [6.45, 7) is 3.53. The maximum absolute atomic E-state index is 12.0. The van der Waals surface area contributed by atoms with Crippen LogP contribution in [0.1, 0.15) is 24.8 Å². The molecule has 18 heavy (non-hydrogen) atoms. The maximum atomic E-state index is 12.0. The van der Waals surface area contributed by atoms with Crippen LogP contribution in [0, 0.1) is 9.49 Å². The van der Waals surface area contributed by atoms with Crippen molar-refractivity contribution < 1.29 is 14.3 Å². The van der Waals surface area contributed by atoms with Gasteiger partial charge in [0.25, 0.3) is 0 Å². The number of hydrogen-bond acceptors (Lipinski definition) is 3. The minimum atomic E-state index is -0.0932. The Morgan fingerprint density at radius 2 is 2.17 bits per heavy atom. The largest absolute Gasteiger partial charge is 0.466 e. The number of esters is 1. The monoisotopic (exact) mass is 360 g/mol. The standard InChI is InChI=1S/C14H17IO3/c1-2-18-14(16)12-7-8-17-9-13(12)10-3-5-11(15)6-4-10/h3-6,12-13H,2,7-9H2,1H3. The molecule has 1 aromatic rings. The number of carbonyl (C=O) groups is 1. The van der Waals surface area contributed by atoms with Crippen molar-refractivity contribution in [1.29, 1.82) is 0 Å². The van der Waals surface area contributed by atoms with Crippen molar-refractivity contribution in [3.05, 3.63) is 33.4 Å². The fourth-order valence-electron chi connectivity index (χ4n) is 2.31. The van der Waals surface area contributed by atoms with E-state index in [1.165, 1.54) is 3.57 Å². The summed E-state index contributed by atoms with van der Waals surface area (Å²) in [5.74, 6) is -0.0436. The van der Waals surface area contributed by atoms with E-state index < -0.39 is 0 Å². The van der Waals surface area contributed by atoms with Crippen LogP contribution in [0.2, 0.25) is 0 Å². The van der Waals surface area contributed by atoms with E-state index in [1.807, 2.05) is 6.92 Å². The zero-order valence-electron chi connectivity index (χ0n) is 10.4. The predicted octanol–water partition coefficient (Wildman–Crippen LogP) is 2.97. The highest BCUT2D eigenvalue weighted by atomic mass is 127. The van der Waals surface area contributed by atoms with Crippen LogP contribution in [0.15, 0.2) is 24.3 Å². The summed E-state index contributed by atoms with van der Waals surface area (Å²) in [7, 11) is 0. The smallest absolute Gasteiger partial charge is 0.309 e. The number of carbonyl (C=O) groups excluding carboxylic acids is 1. The van der Waals surface area contributed by atoms with Crippen LogP contribution in [0.3, 0.4) is 0 Å². The lowest BCUT2D eigenvalue weighted by molar-refractivity contribution is -0.152. The van der Waals surface area contributed by atoms with Gasteiger partial charge in [-0.1, -0.05) is 12.1 Å². The van der Waals surface area contributed by atoms with Crippen LogP contribution >= 0.6 is 22.6 Å². The van der Waals surface area contributed by atoms with Gasteiger partial charge >= 0.3 is 5.97 Å². The van der Waals surface area contributed by atoms with Gasteiger partial charge in [-0.15, -0.1) is 0 Å². The van der Waals surface area contributed by atoms with Gasteiger partial charge in [-0.25, -0.2) is 0 Å². The van der Waals surface area contributed by atoms with Gasteiger partial charge < -0.3 is 9.47 Å². The SMILES string of the molecule is CCOC(=O)C1CCOCC1c1ccc(I)cc1. The predicted molar refractivity (Wildman–Crippen MR) is 77.5 cm³/mol. The zero-order chi connectivity index (χ0) is 13.0. The van der Waals surface area contributed by atoms with Crippen LogP contribution in [0.25, 0.3) is 0 Å². The van der Waals surface area contributed by atoms with Crippen LogP contribution in [0.4, 0.5) is 0 Å². The van der Waals surface area contributed by atoms with Gasteiger partial charge in [-0.05, 0) is 53.6 Å². The molecule has 0 bridgehead atoms. The lowest BCUT2D eigenvalue weighted by Gasteiger charge is -2.30. The molecule has 3 nitrogen and oxygen atoms in total. The first-order valence-electron chi connectivity index (χ1n) is 6.22. The molecular formula is C14H17IO3. The molecule has 2 atom stereocenters. The fraction of sp³-hybridized carbons (Fsp3) is 0.500. The first kappa shape index (κ1) is 13.8. The Morgan fingerprint density at radius 3 is 2.83 bits per heavy atom. The highest BCUT2D eigenvalue weighted by Crippen LogP contribution is 2.32. The molecule has 98 valence electrons. The van der Waals surface area contributed by atoms with E-state index >= 15 is 0 Å². The topological polar surface area (TPSA) is 35.5 Å². The van der Waals surface area contributed by atoms with E-state index in [-0.39, 0.29) is 17.8 Å². The Balaban J connectivity index is 2.17. The third kappa shape index (κ3) is 3.23. The van der Waals surface area contributed by atoms with Crippen molar-refractivity contribution in [3.8, 4) is 0 Å². The summed E-state index contributed by atoms with van der Waals surface area (Å²) >= 11 is 2.28. The number of benzene rings is 1. The summed E-state index contributed by atoms with van der Waals surface area (Å²) in [6.07, 6.45) is 0.746. The second-order valence-corrected chi connectivity index (χ2v) is 5.63. The third-order valence-corrected chi connectivity index (χ3v) is 3.96. The Labute approximate surface area is 121 Å². The molecule has 1 aromatic carbocycles. The molecule has 0 saturated carbocycles. The Hall–Kier alpha value is -0.620.